The Kier molecular flexibility index (Phi) is 7.22. The monoisotopic (exact) mass is 146 g/mol. The van der Waals surface area contributed by atoms with Gasteiger partial charge in [-0.25, -0.2) is 0 Å². The van der Waals surface area contributed by atoms with Gasteiger partial charge in [0.2, 0.25) is 0 Å². The summed E-state index contributed by atoms with van der Waals surface area (Å²) in [6, 6.07) is 0. The normalized spacial score (nSPS) is 10.5. The molecule has 0 amide bonds. The van der Waals surface area contributed by atoms with E-state index in [1.54, 1.807) is 0 Å². The summed E-state index contributed by atoms with van der Waals surface area (Å²) < 4.78 is 0. The van der Waals surface area contributed by atoms with Gasteiger partial charge in [0.25, 0.3) is 0 Å². The van der Waals surface area contributed by atoms with Crippen molar-refractivity contribution in [1.82, 2.24) is 0 Å². The van der Waals surface area contributed by atoms with Crippen molar-refractivity contribution in [3.8, 4) is 0 Å². The lowest BCUT2D eigenvalue weighted by atomic mass is 9.94. The lowest BCUT2D eigenvalue weighted by molar-refractivity contribution is 0.400. The first-order valence-electron chi connectivity index (χ1n) is 2.62. The number of alkyl halides is 1. The van der Waals surface area contributed by atoms with Crippen molar-refractivity contribution in [1.29, 1.82) is 0 Å². The van der Waals surface area contributed by atoms with E-state index in [1.807, 2.05) is 0 Å². The van der Waals surface area contributed by atoms with Gasteiger partial charge >= 0.3 is 23.1 Å². The summed E-state index contributed by atoms with van der Waals surface area (Å²) in [7, 11) is 0. The van der Waals surface area contributed by atoms with E-state index in [-0.39, 0.29) is 23.1 Å². The number of rotatable bonds is 1. The van der Waals surface area contributed by atoms with Crippen LogP contribution in [0.25, 0.3) is 0 Å². The molecule has 0 atom stereocenters. The van der Waals surface area contributed by atoms with E-state index in [2.05, 4.69) is 20.8 Å². The van der Waals surface area contributed by atoms with Crippen molar-refractivity contribution < 1.29 is 0 Å². The van der Waals surface area contributed by atoms with E-state index in [4.69, 9.17) is 11.6 Å². The van der Waals surface area contributed by atoms with Crippen LogP contribution in [0, 0.1) is 5.41 Å². The third kappa shape index (κ3) is 10.1. The predicted octanol–water partition coefficient (Wildman–Crippen LogP) is 1.75. The molecular weight excluding hydrogens is 132 g/mol. The second kappa shape index (κ2) is 4.89. The van der Waals surface area contributed by atoms with Crippen molar-refractivity contribution >= 4 is 34.7 Å². The molecule has 0 aromatic heterocycles. The third-order valence-electron chi connectivity index (χ3n) is 0.844. The Morgan fingerprint density at radius 2 is 1.62 bits per heavy atom. The molecule has 0 unspecified atom stereocenters. The summed E-state index contributed by atoms with van der Waals surface area (Å²) in [5, 5.41) is 0. The molecule has 0 aliphatic heterocycles. The molecule has 0 fully saturated rings. The van der Waals surface area contributed by atoms with Crippen LogP contribution in [0.4, 0.5) is 0 Å². The average Bonchev–Trinajstić information content (AvgIpc) is 1.30. The molecule has 0 nitrogen and oxygen atoms in total. The van der Waals surface area contributed by atoms with Gasteiger partial charge in [-0.1, -0.05) is 20.8 Å². The van der Waals surface area contributed by atoms with Crippen LogP contribution >= 0.6 is 11.6 Å². The summed E-state index contributed by atoms with van der Waals surface area (Å²) in [5.74, 6) is 0.781. The zero-order valence-electron chi connectivity index (χ0n) is 5.29. The van der Waals surface area contributed by atoms with E-state index >= 15 is 0 Å². The van der Waals surface area contributed by atoms with Crippen LogP contribution in [0.3, 0.4) is 0 Å². The molecule has 8 heavy (non-hydrogen) atoms. The van der Waals surface area contributed by atoms with Crippen molar-refractivity contribution in [2.45, 2.75) is 27.2 Å². The maximum absolute atomic E-state index is 5.49. The highest BCUT2D eigenvalue weighted by atomic mass is 35.5. The first kappa shape index (κ1) is 11.8. The average molecular weight is 147 g/mol. The predicted molar refractivity (Wildman–Crippen MR) is 43.3 cm³/mol. The molecule has 0 spiro atoms. The van der Waals surface area contributed by atoms with Crippen molar-refractivity contribution in [2.24, 2.45) is 5.41 Å². The van der Waals surface area contributed by atoms with Crippen LogP contribution in [0.2, 0.25) is 0 Å². The van der Waals surface area contributed by atoms with E-state index in [9.17, 15) is 0 Å². The smallest absolute Gasteiger partial charge is 0.127 e. The minimum atomic E-state index is 0. The Hall–Kier alpha value is 1.06. The van der Waals surface area contributed by atoms with Crippen LogP contribution in [0.15, 0.2) is 0 Å². The van der Waals surface area contributed by atoms with Crippen LogP contribution in [-0.4, -0.2) is 28.9 Å². The number of hydrogen-bond acceptors (Lipinski definition) is 0. The highest BCUT2D eigenvalue weighted by Gasteiger charge is 2.06. The fourth-order valence-corrected chi connectivity index (χ4v) is 0.850. The Bertz CT molecular complexity index is 47.0. The van der Waals surface area contributed by atoms with Gasteiger partial charge in [0, 0.05) is 5.88 Å². The maximum atomic E-state index is 5.49. The molecule has 0 heterocycles. The number of halogens is 1. The van der Waals surface area contributed by atoms with Gasteiger partial charge in [-0.15, -0.1) is 11.6 Å². The van der Waals surface area contributed by atoms with E-state index in [0.717, 1.165) is 12.3 Å². The van der Waals surface area contributed by atoms with Crippen molar-refractivity contribution in [3.05, 3.63) is 0 Å². The van der Waals surface area contributed by atoms with E-state index in [1.165, 1.54) is 0 Å². The first-order valence-corrected chi connectivity index (χ1v) is 3.16. The Morgan fingerprint density at radius 3 is 1.62 bits per heavy atom. The molecule has 0 N–H and O–H groups in total. The summed E-state index contributed by atoms with van der Waals surface area (Å²) in [4.78, 5) is 0. The molecule has 2 heteroatoms. The molecule has 0 bridgehead atoms. The fraction of sp³-hybridized carbons (Fsp3) is 1.00. The zero-order valence-corrected chi connectivity index (χ0v) is 6.05. The van der Waals surface area contributed by atoms with Crippen LogP contribution < -0.4 is 0 Å². The second-order valence-corrected chi connectivity index (χ2v) is 3.38. The van der Waals surface area contributed by atoms with E-state index in [0.29, 0.717) is 5.41 Å². The van der Waals surface area contributed by atoms with Crippen LogP contribution in [0.1, 0.15) is 27.2 Å². The van der Waals surface area contributed by atoms with Gasteiger partial charge in [-0.05, 0) is 11.8 Å². The maximum Gasteiger partial charge on any atom is 0.316 e. The minimum absolute atomic E-state index is 0. The highest BCUT2D eigenvalue weighted by molar-refractivity contribution is 6.17. The highest BCUT2D eigenvalue weighted by Crippen LogP contribution is 2.18. The standard InChI is InChI=1S/C6H13Cl.Mg.2H/c1-6(2,3)4-5-7;;;/h4-5H2,1-3H3;;;. The van der Waals surface area contributed by atoms with Gasteiger partial charge < -0.3 is 0 Å². The second-order valence-electron chi connectivity index (χ2n) is 3.00. The first-order chi connectivity index (χ1) is 3.06. The van der Waals surface area contributed by atoms with Crippen LogP contribution in [0.5, 0.6) is 0 Å². The lowest BCUT2D eigenvalue weighted by Gasteiger charge is -2.14. The largest absolute Gasteiger partial charge is 0.316 e. The summed E-state index contributed by atoms with van der Waals surface area (Å²) in [6.45, 7) is 6.57. The molecule has 48 valence electrons. The molecule has 0 aromatic rings. The molecule has 0 aromatic carbocycles. The SMILES string of the molecule is CC(C)(C)CCCl.[MgH2]. The van der Waals surface area contributed by atoms with Gasteiger partial charge in [0.15, 0.2) is 0 Å². The third-order valence-corrected chi connectivity index (χ3v) is 1.03. The zero-order chi connectivity index (χ0) is 5.91. The van der Waals surface area contributed by atoms with Crippen LogP contribution in [-0.2, 0) is 0 Å². The van der Waals surface area contributed by atoms with Crippen molar-refractivity contribution in [3.63, 3.8) is 0 Å². The molecular formula is C6H15ClMg. The topological polar surface area (TPSA) is 0 Å². The van der Waals surface area contributed by atoms with Gasteiger partial charge in [0.05, 0.1) is 0 Å². The Morgan fingerprint density at radius 1 is 1.25 bits per heavy atom. The molecule has 0 radical (unpaired) electrons. The van der Waals surface area contributed by atoms with Gasteiger partial charge in [-0.3, -0.25) is 0 Å². The Labute approximate surface area is 73.1 Å². The molecule has 0 saturated carbocycles. The quantitative estimate of drug-likeness (QED) is 0.391. The molecule has 0 rings (SSSR count). The van der Waals surface area contributed by atoms with E-state index < -0.39 is 0 Å². The summed E-state index contributed by atoms with van der Waals surface area (Å²) in [5.41, 5.74) is 0.418. The van der Waals surface area contributed by atoms with Gasteiger partial charge in [-0.2, -0.15) is 0 Å². The summed E-state index contributed by atoms with van der Waals surface area (Å²) in [6.07, 6.45) is 1.11. The van der Waals surface area contributed by atoms with Gasteiger partial charge in [0.1, 0.15) is 0 Å². The van der Waals surface area contributed by atoms with Crippen molar-refractivity contribution in [2.75, 3.05) is 5.88 Å². The number of hydrogen-bond donors (Lipinski definition) is 0. The lowest BCUT2D eigenvalue weighted by Crippen LogP contribution is -2.04. The fourth-order valence-electron chi connectivity index (χ4n) is 0.283. The Balaban J connectivity index is 0. The minimum Gasteiger partial charge on any atom is -0.127 e. The summed E-state index contributed by atoms with van der Waals surface area (Å²) >= 11 is 5.49. The molecule has 0 saturated heterocycles. The molecule has 0 aliphatic carbocycles. The molecule has 0 aliphatic rings.